The van der Waals surface area contributed by atoms with Crippen molar-refractivity contribution < 1.29 is 0 Å². The largest absolute Gasteiger partial charge is 0.385 e. The molecule has 0 amide bonds. The normalized spacial score (nSPS) is 11.4. The van der Waals surface area contributed by atoms with E-state index in [1.54, 1.807) is 0 Å². The Morgan fingerprint density at radius 3 is 2.19 bits per heavy atom. The molecule has 0 atom stereocenters. The number of nitrogens with two attached hydrogens (primary N) is 1. The predicted octanol–water partition coefficient (Wildman–Crippen LogP) is 5.14. The average molecular weight is 366 g/mol. The van der Waals surface area contributed by atoms with Gasteiger partial charge in [-0.15, -0.1) is 0 Å². The SMILES string of the molecule is C=C(NCc1ccc(C(=C)CC)cc1CC)C(=C)C(=C)/C(C)=C(/N)N(C)C. The van der Waals surface area contributed by atoms with Gasteiger partial charge in [0, 0.05) is 26.3 Å². The minimum Gasteiger partial charge on any atom is -0.385 e. The Balaban J connectivity index is 2.88. The van der Waals surface area contributed by atoms with Crippen molar-refractivity contribution in [1.29, 1.82) is 0 Å². The van der Waals surface area contributed by atoms with Gasteiger partial charge in [0.1, 0.15) is 5.82 Å². The van der Waals surface area contributed by atoms with Crippen molar-refractivity contribution in [3.8, 4) is 0 Å². The smallest absolute Gasteiger partial charge is 0.102 e. The molecule has 0 radical (unpaired) electrons. The number of aryl methyl sites for hydroxylation is 1. The van der Waals surface area contributed by atoms with Crippen molar-refractivity contribution in [1.82, 2.24) is 10.2 Å². The van der Waals surface area contributed by atoms with E-state index in [9.17, 15) is 0 Å². The van der Waals surface area contributed by atoms with E-state index in [2.05, 4.69) is 63.7 Å². The summed E-state index contributed by atoms with van der Waals surface area (Å²) in [6.45, 7) is 23.5. The maximum Gasteiger partial charge on any atom is 0.102 e. The van der Waals surface area contributed by atoms with E-state index in [1.165, 1.54) is 22.3 Å². The fourth-order valence-electron chi connectivity index (χ4n) is 2.76. The maximum absolute atomic E-state index is 6.10. The van der Waals surface area contributed by atoms with Crippen LogP contribution in [0.1, 0.15) is 43.9 Å². The summed E-state index contributed by atoms with van der Waals surface area (Å²) in [5.41, 5.74) is 14.3. The van der Waals surface area contributed by atoms with E-state index in [0.717, 1.165) is 35.3 Å². The molecule has 0 aromatic heterocycles. The molecule has 0 heterocycles. The lowest BCUT2D eigenvalue weighted by Crippen LogP contribution is -2.21. The van der Waals surface area contributed by atoms with Crippen LogP contribution in [-0.4, -0.2) is 19.0 Å². The molecule has 0 fully saturated rings. The molecule has 0 saturated carbocycles. The van der Waals surface area contributed by atoms with Gasteiger partial charge in [0.2, 0.25) is 0 Å². The summed E-state index contributed by atoms with van der Waals surface area (Å²) < 4.78 is 0. The van der Waals surface area contributed by atoms with Crippen molar-refractivity contribution in [2.24, 2.45) is 5.73 Å². The Morgan fingerprint density at radius 2 is 1.67 bits per heavy atom. The zero-order valence-corrected chi connectivity index (χ0v) is 17.7. The minimum absolute atomic E-state index is 0.675. The van der Waals surface area contributed by atoms with Crippen molar-refractivity contribution in [2.45, 2.75) is 40.2 Å². The Morgan fingerprint density at radius 1 is 1.04 bits per heavy atom. The summed E-state index contributed by atoms with van der Waals surface area (Å²) in [5, 5.41) is 3.39. The molecule has 3 heteroatoms. The van der Waals surface area contributed by atoms with Crippen molar-refractivity contribution >= 4 is 5.57 Å². The Labute approximate surface area is 165 Å². The third-order valence-electron chi connectivity index (χ3n) is 4.96. The first kappa shape index (κ1) is 22.4. The van der Waals surface area contributed by atoms with E-state index in [-0.39, 0.29) is 0 Å². The van der Waals surface area contributed by atoms with Crippen LogP contribution < -0.4 is 11.1 Å². The van der Waals surface area contributed by atoms with Crippen LogP contribution >= 0.6 is 0 Å². The molecule has 0 aliphatic carbocycles. The average Bonchev–Trinajstić information content (AvgIpc) is 2.68. The fraction of sp³-hybridized carbons (Fsp3) is 0.333. The summed E-state index contributed by atoms with van der Waals surface area (Å²) >= 11 is 0. The molecule has 0 aliphatic heterocycles. The van der Waals surface area contributed by atoms with Crippen LogP contribution in [0.5, 0.6) is 0 Å². The molecular formula is C24H35N3. The third-order valence-corrected chi connectivity index (χ3v) is 4.96. The minimum atomic E-state index is 0.675. The van der Waals surface area contributed by atoms with Gasteiger partial charge in [0.25, 0.3) is 0 Å². The number of rotatable bonds is 10. The zero-order chi connectivity index (χ0) is 20.7. The Hall–Kier alpha value is -2.68. The number of hydrogen-bond acceptors (Lipinski definition) is 3. The van der Waals surface area contributed by atoms with Crippen molar-refractivity contribution in [3.05, 3.63) is 89.4 Å². The fourth-order valence-corrected chi connectivity index (χ4v) is 2.76. The van der Waals surface area contributed by atoms with Gasteiger partial charge in [0.05, 0.1) is 0 Å². The first-order valence-corrected chi connectivity index (χ1v) is 9.39. The highest BCUT2D eigenvalue weighted by molar-refractivity contribution is 5.64. The second kappa shape index (κ2) is 9.86. The number of nitrogens with one attached hydrogen (secondary N) is 1. The highest BCUT2D eigenvalue weighted by Crippen LogP contribution is 2.24. The van der Waals surface area contributed by atoms with Crippen LogP contribution in [0.2, 0.25) is 0 Å². The third kappa shape index (κ3) is 5.65. The summed E-state index contributed by atoms with van der Waals surface area (Å²) in [7, 11) is 3.82. The summed E-state index contributed by atoms with van der Waals surface area (Å²) in [6, 6.07) is 6.55. The summed E-state index contributed by atoms with van der Waals surface area (Å²) in [6.07, 6.45) is 1.94. The molecule has 0 unspecified atom stereocenters. The monoisotopic (exact) mass is 365 g/mol. The van der Waals surface area contributed by atoms with Gasteiger partial charge in [-0.2, -0.15) is 0 Å². The molecular weight excluding hydrogens is 330 g/mol. The van der Waals surface area contributed by atoms with Crippen LogP contribution in [0.4, 0.5) is 0 Å². The second-order valence-corrected chi connectivity index (χ2v) is 6.99. The van der Waals surface area contributed by atoms with Gasteiger partial charge < -0.3 is 16.0 Å². The second-order valence-electron chi connectivity index (χ2n) is 6.99. The van der Waals surface area contributed by atoms with Crippen molar-refractivity contribution in [3.63, 3.8) is 0 Å². The quantitative estimate of drug-likeness (QED) is 0.564. The van der Waals surface area contributed by atoms with Gasteiger partial charge >= 0.3 is 0 Å². The Kier molecular flexibility index (Phi) is 8.17. The molecule has 1 aromatic rings. The molecule has 1 rings (SSSR count). The topological polar surface area (TPSA) is 41.3 Å². The first-order valence-electron chi connectivity index (χ1n) is 9.39. The highest BCUT2D eigenvalue weighted by Gasteiger charge is 2.11. The van der Waals surface area contributed by atoms with Crippen LogP contribution in [0.3, 0.4) is 0 Å². The lowest BCUT2D eigenvalue weighted by molar-refractivity contribution is 0.500. The molecule has 1 aromatic carbocycles. The molecule has 0 aliphatic rings. The number of allylic oxidation sites excluding steroid dienone is 3. The standard InChI is InChI=1S/C24H35N3/c1-10-16(3)22-12-13-23(21(11-2)14-22)15-26-20(7)18(5)17(4)19(6)24(25)27(8)9/h12-14,26H,3-5,7,10-11,15,25H2,1-2,6,8-9H3/b24-19-. The van der Waals surface area contributed by atoms with Gasteiger partial charge in [0.15, 0.2) is 0 Å². The summed E-state index contributed by atoms with van der Waals surface area (Å²) in [5.74, 6) is 0.675. The Bertz CT molecular complexity index is 779. The number of benzene rings is 1. The van der Waals surface area contributed by atoms with E-state index in [0.29, 0.717) is 12.4 Å². The van der Waals surface area contributed by atoms with Gasteiger partial charge in [-0.1, -0.05) is 58.4 Å². The van der Waals surface area contributed by atoms with E-state index in [1.807, 2.05) is 25.9 Å². The molecule has 0 saturated heterocycles. The molecule has 146 valence electrons. The lowest BCUT2D eigenvalue weighted by Gasteiger charge is -2.20. The molecule has 3 N–H and O–H groups in total. The van der Waals surface area contributed by atoms with Gasteiger partial charge in [-0.05, 0) is 58.7 Å². The van der Waals surface area contributed by atoms with Gasteiger partial charge in [-0.3, -0.25) is 0 Å². The van der Waals surface area contributed by atoms with Crippen LogP contribution in [0.15, 0.2) is 72.8 Å². The van der Waals surface area contributed by atoms with Crippen LogP contribution in [-0.2, 0) is 13.0 Å². The molecule has 0 bridgehead atoms. The van der Waals surface area contributed by atoms with E-state index >= 15 is 0 Å². The zero-order valence-electron chi connectivity index (χ0n) is 17.7. The highest BCUT2D eigenvalue weighted by atomic mass is 15.1. The molecule has 0 spiro atoms. The lowest BCUT2D eigenvalue weighted by atomic mass is 9.96. The molecule has 27 heavy (non-hydrogen) atoms. The van der Waals surface area contributed by atoms with Crippen LogP contribution in [0.25, 0.3) is 5.57 Å². The molecule has 3 nitrogen and oxygen atoms in total. The summed E-state index contributed by atoms with van der Waals surface area (Å²) in [4.78, 5) is 1.86. The van der Waals surface area contributed by atoms with E-state index in [4.69, 9.17) is 5.73 Å². The van der Waals surface area contributed by atoms with Crippen LogP contribution in [0, 0.1) is 0 Å². The van der Waals surface area contributed by atoms with Crippen molar-refractivity contribution in [2.75, 3.05) is 14.1 Å². The maximum atomic E-state index is 6.10. The number of nitrogens with zero attached hydrogens (tertiary/aromatic N) is 1. The first-order chi connectivity index (χ1) is 12.6. The predicted molar refractivity (Wildman–Crippen MR) is 120 cm³/mol. The van der Waals surface area contributed by atoms with Gasteiger partial charge in [-0.25, -0.2) is 0 Å². The van der Waals surface area contributed by atoms with E-state index < -0.39 is 0 Å². The number of hydrogen-bond donors (Lipinski definition) is 2.